The van der Waals surface area contributed by atoms with Gasteiger partial charge in [-0.25, -0.2) is 4.79 Å². The van der Waals surface area contributed by atoms with Gasteiger partial charge in [0.05, 0.1) is 21.3 Å². The first kappa shape index (κ1) is 20.8. The average Bonchev–Trinajstić information content (AvgIpc) is 2.74. The number of anilines is 1. The molecular weight excluding hydrogens is 362 g/mol. The number of carbonyl (C=O) groups is 2. The number of hydrogen-bond donors (Lipinski definition) is 0. The monoisotopic (exact) mass is 385 g/mol. The van der Waals surface area contributed by atoms with Gasteiger partial charge in [-0.15, -0.1) is 6.58 Å². The summed E-state index contributed by atoms with van der Waals surface area (Å²) in [5.74, 6) is -0.0786. The Morgan fingerprint density at radius 1 is 0.964 bits per heavy atom. The number of rotatable bonds is 9. The minimum Gasteiger partial charge on any atom is -0.496 e. The van der Waals surface area contributed by atoms with Gasteiger partial charge in [0, 0.05) is 24.4 Å². The van der Waals surface area contributed by atoms with Crippen molar-refractivity contribution >= 4 is 17.6 Å². The van der Waals surface area contributed by atoms with Crippen LogP contribution >= 0.6 is 0 Å². The molecule has 0 spiro atoms. The number of esters is 1. The van der Waals surface area contributed by atoms with Crippen LogP contribution in [0.5, 0.6) is 17.2 Å². The van der Waals surface area contributed by atoms with E-state index >= 15 is 0 Å². The number of carbonyl (C=O) groups excluding carboxylic acids is 2. The molecular formula is C21H23NO6. The predicted molar refractivity (Wildman–Crippen MR) is 105 cm³/mol. The Morgan fingerprint density at radius 2 is 1.57 bits per heavy atom. The van der Waals surface area contributed by atoms with Crippen molar-refractivity contribution in [3.8, 4) is 17.2 Å². The zero-order valence-electron chi connectivity index (χ0n) is 16.1. The minimum absolute atomic E-state index is 0.128. The summed E-state index contributed by atoms with van der Waals surface area (Å²) in [7, 11) is 4.35. The zero-order valence-corrected chi connectivity index (χ0v) is 16.1. The van der Waals surface area contributed by atoms with E-state index in [9.17, 15) is 9.59 Å². The predicted octanol–water partition coefficient (Wildman–Crippen LogP) is 3.09. The average molecular weight is 385 g/mol. The number of benzene rings is 2. The highest BCUT2D eigenvalue weighted by molar-refractivity contribution is 5.98. The molecule has 0 N–H and O–H groups in total. The topological polar surface area (TPSA) is 74.3 Å². The van der Waals surface area contributed by atoms with Gasteiger partial charge >= 0.3 is 5.97 Å². The Hall–Kier alpha value is -3.48. The quantitative estimate of drug-likeness (QED) is 0.488. The molecule has 0 radical (unpaired) electrons. The second kappa shape index (κ2) is 10.0. The fourth-order valence-corrected chi connectivity index (χ4v) is 2.56. The molecule has 0 fully saturated rings. The molecule has 0 unspecified atom stereocenters. The first-order valence-electron chi connectivity index (χ1n) is 8.49. The van der Waals surface area contributed by atoms with Crippen LogP contribution in [0.1, 0.15) is 10.4 Å². The molecule has 0 aliphatic rings. The Bertz CT molecular complexity index is 834. The molecule has 2 rings (SSSR count). The summed E-state index contributed by atoms with van der Waals surface area (Å²) >= 11 is 0. The Kier molecular flexibility index (Phi) is 7.45. The van der Waals surface area contributed by atoms with E-state index in [0.717, 1.165) is 0 Å². The molecule has 0 bridgehead atoms. The van der Waals surface area contributed by atoms with Crippen LogP contribution in [0.4, 0.5) is 5.69 Å². The van der Waals surface area contributed by atoms with Crippen molar-refractivity contribution in [2.24, 2.45) is 0 Å². The summed E-state index contributed by atoms with van der Waals surface area (Å²) in [5, 5.41) is 0. The largest absolute Gasteiger partial charge is 0.496 e. The van der Waals surface area contributed by atoms with Crippen LogP contribution in [0.15, 0.2) is 55.1 Å². The molecule has 0 saturated carbocycles. The van der Waals surface area contributed by atoms with Gasteiger partial charge in [0.25, 0.3) is 5.91 Å². The lowest BCUT2D eigenvalue weighted by Crippen LogP contribution is -2.34. The number of ether oxygens (including phenoxy) is 4. The summed E-state index contributed by atoms with van der Waals surface area (Å²) in [6.45, 7) is 3.53. The number of nitrogens with zero attached hydrogens (tertiary/aromatic N) is 1. The molecule has 0 aliphatic carbocycles. The molecule has 1 amide bonds. The number of para-hydroxylation sites is 1. The van der Waals surface area contributed by atoms with Crippen molar-refractivity contribution in [3.05, 3.63) is 60.7 Å². The summed E-state index contributed by atoms with van der Waals surface area (Å²) in [4.78, 5) is 26.6. The SMILES string of the molecule is C=CCN(C(=O)COC(=O)c1cc(OC)c(OC)cc1OC)c1ccccc1. The maximum absolute atomic E-state index is 12.6. The van der Waals surface area contributed by atoms with Gasteiger partial charge in [0.2, 0.25) is 0 Å². The molecule has 0 saturated heterocycles. The van der Waals surface area contributed by atoms with Crippen molar-refractivity contribution in [2.75, 3.05) is 39.4 Å². The normalized spacial score (nSPS) is 9.96. The molecule has 0 heterocycles. The van der Waals surface area contributed by atoms with E-state index in [1.54, 1.807) is 18.2 Å². The molecule has 2 aromatic rings. The van der Waals surface area contributed by atoms with Crippen molar-refractivity contribution in [3.63, 3.8) is 0 Å². The molecule has 2 aromatic carbocycles. The highest BCUT2D eigenvalue weighted by atomic mass is 16.5. The standard InChI is InChI=1S/C21H23NO6/c1-5-11-22(15-9-7-6-8-10-15)20(23)14-28-21(24)16-12-18(26-3)19(27-4)13-17(16)25-2/h5-10,12-13H,1,11,14H2,2-4H3. The van der Waals surface area contributed by atoms with E-state index in [-0.39, 0.29) is 17.2 Å². The van der Waals surface area contributed by atoms with E-state index < -0.39 is 12.6 Å². The lowest BCUT2D eigenvalue weighted by atomic mass is 10.1. The first-order chi connectivity index (χ1) is 13.5. The van der Waals surface area contributed by atoms with E-state index in [1.165, 1.54) is 38.4 Å². The lowest BCUT2D eigenvalue weighted by Gasteiger charge is -2.21. The molecule has 7 nitrogen and oxygen atoms in total. The van der Waals surface area contributed by atoms with Gasteiger partial charge in [0.1, 0.15) is 11.3 Å². The fourth-order valence-electron chi connectivity index (χ4n) is 2.56. The molecule has 0 aliphatic heterocycles. The Labute approximate surface area is 164 Å². The number of amides is 1. The van der Waals surface area contributed by atoms with Gasteiger partial charge in [-0.1, -0.05) is 24.3 Å². The molecule has 7 heteroatoms. The summed E-state index contributed by atoms with van der Waals surface area (Å²) < 4.78 is 20.8. The smallest absolute Gasteiger partial charge is 0.342 e. The van der Waals surface area contributed by atoms with Gasteiger partial charge in [-0.05, 0) is 12.1 Å². The third-order valence-electron chi connectivity index (χ3n) is 3.93. The molecule has 148 valence electrons. The van der Waals surface area contributed by atoms with Crippen LogP contribution in [-0.4, -0.2) is 46.4 Å². The van der Waals surface area contributed by atoms with Crippen molar-refractivity contribution < 1.29 is 28.5 Å². The molecule has 0 aromatic heterocycles. The van der Waals surface area contributed by atoms with E-state index in [4.69, 9.17) is 18.9 Å². The van der Waals surface area contributed by atoms with Crippen LogP contribution in [0.2, 0.25) is 0 Å². The molecule has 0 atom stereocenters. The van der Waals surface area contributed by atoms with Crippen molar-refractivity contribution in [2.45, 2.75) is 0 Å². The summed E-state index contributed by atoms with van der Waals surface area (Å²) in [5.41, 5.74) is 0.815. The van der Waals surface area contributed by atoms with Gasteiger partial charge in [-0.3, -0.25) is 4.79 Å². The highest BCUT2D eigenvalue weighted by Gasteiger charge is 2.21. The lowest BCUT2D eigenvalue weighted by molar-refractivity contribution is -0.121. The Balaban J connectivity index is 2.16. The maximum atomic E-state index is 12.6. The van der Waals surface area contributed by atoms with Crippen LogP contribution in [0.3, 0.4) is 0 Å². The van der Waals surface area contributed by atoms with Gasteiger partial charge < -0.3 is 23.8 Å². The second-order valence-corrected chi connectivity index (χ2v) is 5.61. The Morgan fingerprint density at radius 3 is 2.14 bits per heavy atom. The van der Waals surface area contributed by atoms with Gasteiger partial charge in [0.15, 0.2) is 18.1 Å². The van der Waals surface area contributed by atoms with Gasteiger partial charge in [-0.2, -0.15) is 0 Å². The molecule has 28 heavy (non-hydrogen) atoms. The third kappa shape index (κ3) is 4.82. The second-order valence-electron chi connectivity index (χ2n) is 5.61. The maximum Gasteiger partial charge on any atom is 0.342 e. The van der Waals surface area contributed by atoms with Crippen molar-refractivity contribution in [1.29, 1.82) is 0 Å². The van der Waals surface area contributed by atoms with Crippen LogP contribution in [-0.2, 0) is 9.53 Å². The van der Waals surface area contributed by atoms with Crippen molar-refractivity contribution in [1.82, 2.24) is 0 Å². The van der Waals surface area contributed by atoms with Crippen LogP contribution < -0.4 is 19.1 Å². The zero-order chi connectivity index (χ0) is 20.5. The summed E-state index contributed by atoms with van der Waals surface area (Å²) in [6, 6.07) is 12.0. The minimum atomic E-state index is -0.710. The third-order valence-corrected chi connectivity index (χ3v) is 3.93. The fraction of sp³-hybridized carbons (Fsp3) is 0.238. The van der Waals surface area contributed by atoms with E-state index in [0.29, 0.717) is 23.7 Å². The van der Waals surface area contributed by atoms with Crippen LogP contribution in [0, 0.1) is 0 Å². The van der Waals surface area contributed by atoms with E-state index in [1.807, 2.05) is 18.2 Å². The highest BCUT2D eigenvalue weighted by Crippen LogP contribution is 2.34. The number of methoxy groups -OCH3 is 3. The number of hydrogen-bond acceptors (Lipinski definition) is 6. The first-order valence-corrected chi connectivity index (χ1v) is 8.49. The van der Waals surface area contributed by atoms with E-state index in [2.05, 4.69) is 6.58 Å². The summed E-state index contributed by atoms with van der Waals surface area (Å²) in [6.07, 6.45) is 1.60. The van der Waals surface area contributed by atoms with Crippen LogP contribution in [0.25, 0.3) is 0 Å².